The smallest absolute Gasteiger partial charge is 0.270 e. The fourth-order valence-electron chi connectivity index (χ4n) is 3.73. The molecule has 0 aliphatic carbocycles. The number of rotatable bonds is 8. The maximum atomic E-state index is 11.2. The number of nitrogens with zero attached hydrogens (tertiary/aromatic N) is 3. The van der Waals surface area contributed by atoms with Gasteiger partial charge in [-0.15, -0.1) is 0 Å². The van der Waals surface area contributed by atoms with E-state index in [1.165, 1.54) is 18.2 Å². The van der Waals surface area contributed by atoms with E-state index >= 15 is 0 Å². The summed E-state index contributed by atoms with van der Waals surface area (Å²) in [6.45, 7) is 0.472. The molecule has 0 radical (unpaired) electrons. The molecule has 0 unspecified atom stereocenters. The summed E-state index contributed by atoms with van der Waals surface area (Å²) >= 11 is 6.27. The third-order valence-electron chi connectivity index (χ3n) is 5.35. The summed E-state index contributed by atoms with van der Waals surface area (Å²) in [5.41, 5.74) is 3.17. The second-order valence-electron chi connectivity index (χ2n) is 7.37. The number of benzene rings is 3. The van der Waals surface area contributed by atoms with Crippen LogP contribution in [0.4, 0.5) is 5.69 Å². The monoisotopic (exact) mass is 479 g/mol. The van der Waals surface area contributed by atoms with E-state index in [-0.39, 0.29) is 5.69 Å². The van der Waals surface area contributed by atoms with Gasteiger partial charge in [-0.2, -0.15) is 0 Å². The lowest BCUT2D eigenvalue weighted by Gasteiger charge is -2.15. The fraction of sp³-hybridized carbons (Fsp3) is 0.160. The van der Waals surface area contributed by atoms with Crippen molar-refractivity contribution in [2.45, 2.75) is 6.54 Å². The number of hydrogen-bond acceptors (Lipinski definition) is 6. The van der Waals surface area contributed by atoms with Crippen LogP contribution in [0.1, 0.15) is 17.0 Å². The van der Waals surface area contributed by atoms with E-state index in [0.717, 1.165) is 16.6 Å². The molecule has 9 heteroatoms. The van der Waals surface area contributed by atoms with Crippen molar-refractivity contribution < 1.29 is 19.1 Å². The molecule has 0 aliphatic heterocycles. The molecule has 0 fully saturated rings. The van der Waals surface area contributed by atoms with E-state index in [4.69, 9.17) is 30.8 Å². The maximum absolute atomic E-state index is 11.2. The van der Waals surface area contributed by atoms with Crippen LogP contribution in [0.5, 0.6) is 17.2 Å². The Morgan fingerprint density at radius 2 is 1.71 bits per heavy atom. The Hall–Kier alpha value is -4.04. The van der Waals surface area contributed by atoms with Gasteiger partial charge in [0, 0.05) is 23.7 Å². The molecule has 4 aromatic rings. The number of hydrogen-bond donors (Lipinski definition) is 0. The zero-order valence-electron chi connectivity index (χ0n) is 18.8. The molecular formula is C25H22ClN3O5. The molecule has 0 N–H and O–H groups in total. The van der Waals surface area contributed by atoms with E-state index in [2.05, 4.69) is 0 Å². The normalized spacial score (nSPS) is 11.2. The third kappa shape index (κ3) is 4.53. The Morgan fingerprint density at radius 3 is 2.35 bits per heavy atom. The fourth-order valence-corrected chi connectivity index (χ4v) is 3.91. The Kier molecular flexibility index (Phi) is 6.70. The first-order valence-electron chi connectivity index (χ1n) is 10.3. The van der Waals surface area contributed by atoms with Gasteiger partial charge in [-0.3, -0.25) is 10.1 Å². The lowest BCUT2D eigenvalue weighted by Crippen LogP contribution is -2.04. The third-order valence-corrected chi connectivity index (χ3v) is 5.70. The summed E-state index contributed by atoms with van der Waals surface area (Å²) in [6, 6.07) is 15.9. The van der Waals surface area contributed by atoms with Crippen molar-refractivity contribution in [3.05, 3.63) is 86.7 Å². The van der Waals surface area contributed by atoms with Crippen LogP contribution in [0.2, 0.25) is 5.02 Å². The van der Waals surface area contributed by atoms with E-state index in [9.17, 15) is 10.1 Å². The van der Waals surface area contributed by atoms with Gasteiger partial charge in [-0.25, -0.2) is 4.98 Å². The molecule has 3 aromatic carbocycles. The molecule has 0 bridgehead atoms. The molecular weight excluding hydrogens is 458 g/mol. The van der Waals surface area contributed by atoms with Crippen molar-refractivity contribution in [2.75, 3.05) is 21.3 Å². The van der Waals surface area contributed by atoms with Crippen molar-refractivity contribution in [1.29, 1.82) is 0 Å². The number of aromatic nitrogens is 2. The van der Waals surface area contributed by atoms with Crippen LogP contribution < -0.4 is 14.2 Å². The molecule has 0 aliphatic rings. The van der Waals surface area contributed by atoms with Crippen molar-refractivity contribution in [3.8, 4) is 17.2 Å². The van der Waals surface area contributed by atoms with Gasteiger partial charge in [0.15, 0.2) is 11.5 Å². The summed E-state index contributed by atoms with van der Waals surface area (Å²) in [7, 11) is 4.71. The van der Waals surface area contributed by atoms with Gasteiger partial charge in [-0.1, -0.05) is 23.7 Å². The first-order valence-corrected chi connectivity index (χ1v) is 10.7. The van der Waals surface area contributed by atoms with E-state index in [1.54, 1.807) is 33.5 Å². The Morgan fingerprint density at radius 1 is 1.00 bits per heavy atom. The van der Waals surface area contributed by atoms with Crippen LogP contribution in [0, 0.1) is 10.1 Å². The van der Waals surface area contributed by atoms with E-state index in [1.807, 2.05) is 41.0 Å². The van der Waals surface area contributed by atoms with Gasteiger partial charge < -0.3 is 18.8 Å². The molecule has 0 spiro atoms. The van der Waals surface area contributed by atoms with Gasteiger partial charge in [0.05, 0.1) is 37.3 Å². The van der Waals surface area contributed by atoms with Gasteiger partial charge in [0.1, 0.15) is 5.82 Å². The van der Waals surface area contributed by atoms with Gasteiger partial charge in [0.2, 0.25) is 5.75 Å². The Bertz CT molecular complexity index is 1370. The topological polar surface area (TPSA) is 88.7 Å². The van der Waals surface area contributed by atoms with Crippen molar-refractivity contribution in [2.24, 2.45) is 0 Å². The summed E-state index contributed by atoms with van der Waals surface area (Å²) in [5.74, 6) is 2.30. The van der Waals surface area contributed by atoms with Crippen LogP contribution in [0.15, 0.2) is 54.6 Å². The Balaban J connectivity index is 1.79. The molecule has 0 amide bonds. The number of methoxy groups -OCH3 is 3. The molecule has 174 valence electrons. The number of non-ortho nitro benzene ring substituents is 1. The minimum absolute atomic E-state index is 0.0324. The van der Waals surface area contributed by atoms with Crippen molar-refractivity contribution >= 4 is 40.5 Å². The minimum Gasteiger partial charge on any atom is -0.493 e. The van der Waals surface area contributed by atoms with Crippen LogP contribution >= 0.6 is 11.6 Å². The number of ether oxygens (including phenoxy) is 3. The van der Waals surface area contributed by atoms with Crippen molar-refractivity contribution in [1.82, 2.24) is 9.55 Å². The highest BCUT2D eigenvalue weighted by molar-refractivity contribution is 6.32. The molecule has 8 nitrogen and oxygen atoms in total. The van der Waals surface area contributed by atoms with Crippen LogP contribution in [-0.2, 0) is 6.54 Å². The summed E-state index contributed by atoms with van der Waals surface area (Å²) in [4.78, 5) is 15.4. The average molecular weight is 480 g/mol. The second-order valence-corrected chi connectivity index (χ2v) is 7.78. The van der Waals surface area contributed by atoms with Crippen LogP contribution in [0.3, 0.4) is 0 Å². The molecule has 0 saturated carbocycles. The SMILES string of the molecule is COc1cc(Cn2c(/C=C/c3cc([N+](=O)[O-])ccc3Cl)nc3ccccc32)cc(OC)c1OC. The largest absolute Gasteiger partial charge is 0.493 e. The number of halogens is 1. The maximum Gasteiger partial charge on any atom is 0.270 e. The highest BCUT2D eigenvalue weighted by Gasteiger charge is 2.16. The summed E-state index contributed by atoms with van der Waals surface area (Å²) < 4.78 is 18.4. The summed E-state index contributed by atoms with van der Waals surface area (Å²) in [5, 5.41) is 11.6. The minimum atomic E-state index is -0.451. The molecule has 0 saturated heterocycles. The first kappa shape index (κ1) is 23.1. The summed E-state index contributed by atoms with van der Waals surface area (Å²) in [6.07, 6.45) is 3.52. The molecule has 0 atom stereocenters. The quantitative estimate of drug-likeness (QED) is 0.233. The van der Waals surface area contributed by atoms with Crippen molar-refractivity contribution in [3.63, 3.8) is 0 Å². The molecule has 34 heavy (non-hydrogen) atoms. The van der Waals surface area contributed by atoms with E-state index in [0.29, 0.717) is 40.2 Å². The zero-order valence-corrected chi connectivity index (χ0v) is 19.6. The second kappa shape index (κ2) is 9.84. The first-order chi connectivity index (χ1) is 16.4. The average Bonchev–Trinajstić information content (AvgIpc) is 3.19. The number of nitro groups is 1. The standard InChI is InChI=1S/C25H22ClN3O5/c1-32-22-12-16(13-23(33-2)25(22)34-3)15-28-21-7-5-4-6-20(21)27-24(28)11-8-17-14-18(29(30)31)9-10-19(17)26/h4-14H,15H2,1-3H3/b11-8+. The Labute approximate surface area is 201 Å². The van der Waals surface area contributed by atoms with Crippen LogP contribution in [-0.4, -0.2) is 35.8 Å². The predicted octanol–water partition coefficient (Wildman–Crippen LogP) is 5.84. The van der Waals surface area contributed by atoms with Gasteiger partial charge >= 0.3 is 0 Å². The molecule has 4 rings (SSSR count). The highest BCUT2D eigenvalue weighted by atomic mass is 35.5. The zero-order chi connectivity index (χ0) is 24.2. The number of para-hydroxylation sites is 2. The van der Waals surface area contributed by atoms with Gasteiger partial charge in [-0.05, 0) is 53.6 Å². The number of nitro benzene ring substituents is 1. The lowest BCUT2D eigenvalue weighted by molar-refractivity contribution is -0.384. The number of fused-ring (bicyclic) bond motifs is 1. The highest BCUT2D eigenvalue weighted by Crippen LogP contribution is 2.38. The lowest BCUT2D eigenvalue weighted by atomic mass is 10.1. The number of imidazole rings is 1. The van der Waals surface area contributed by atoms with Crippen LogP contribution in [0.25, 0.3) is 23.2 Å². The van der Waals surface area contributed by atoms with E-state index < -0.39 is 4.92 Å². The molecule has 1 aromatic heterocycles. The van der Waals surface area contributed by atoms with Gasteiger partial charge in [0.25, 0.3) is 5.69 Å². The predicted molar refractivity (Wildman–Crippen MR) is 132 cm³/mol. The molecule has 1 heterocycles.